The first kappa shape index (κ1) is 19.3. The van der Waals surface area contributed by atoms with Crippen LogP contribution in [0.4, 0.5) is 13.2 Å². The summed E-state index contributed by atoms with van der Waals surface area (Å²) in [5, 5.41) is 3.81. The molecule has 0 N–H and O–H groups in total. The average Bonchev–Trinajstić information content (AvgIpc) is 3.10. The van der Waals surface area contributed by atoms with Crippen molar-refractivity contribution in [2.75, 3.05) is 13.1 Å². The van der Waals surface area contributed by atoms with Gasteiger partial charge in [0.15, 0.2) is 0 Å². The number of rotatable bonds is 5. The molecule has 1 aliphatic rings. The molecule has 0 spiro atoms. The largest absolute Gasteiger partial charge is 0.573 e. The van der Waals surface area contributed by atoms with Gasteiger partial charge in [0.1, 0.15) is 11.4 Å². The molecule has 1 aliphatic heterocycles. The van der Waals surface area contributed by atoms with Crippen molar-refractivity contribution in [3.05, 3.63) is 48.7 Å². The van der Waals surface area contributed by atoms with Crippen molar-refractivity contribution in [3.63, 3.8) is 0 Å². The summed E-state index contributed by atoms with van der Waals surface area (Å²) in [7, 11) is -3.86. The minimum Gasteiger partial charge on any atom is -0.406 e. The number of alkyl halides is 3. The van der Waals surface area contributed by atoms with E-state index in [2.05, 4.69) is 24.8 Å². The summed E-state index contributed by atoms with van der Waals surface area (Å²) >= 11 is 0. The number of halogens is 3. The molecule has 3 aromatic rings. The second kappa shape index (κ2) is 7.08. The number of nitrogens with zero attached hydrogens (tertiary/aromatic N) is 5. The van der Waals surface area contributed by atoms with Gasteiger partial charge in [0.2, 0.25) is 21.7 Å². The fourth-order valence-corrected chi connectivity index (χ4v) is 4.20. The number of sulfonamides is 1. The average molecular weight is 427 g/mol. The van der Waals surface area contributed by atoms with Crippen molar-refractivity contribution in [3.8, 4) is 17.3 Å². The van der Waals surface area contributed by atoms with E-state index in [-0.39, 0.29) is 35.6 Å². The highest BCUT2D eigenvalue weighted by Gasteiger charge is 2.40. The molecule has 9 nitrogen and oxygen atoms in total. The summed E-state index contributed by atoms with van der Waals surface area (Å²) in [5.74, 6) is -0.281. The first-order valence-corrected chi connectivity index (χ1v) is 9.62. The zero-order chi connectivity index (χ0) is 20.6. The van der Waals surface area contributed by atoms with Crippen molar-refractivity contribution in [2.24, 2.45) is 0 Å². The lowest BCUT2D eigenvalue weighted by Crippen LogP contribution is -2.48. The molecule has 29 heavy (non-hydrogen) atoms. The van der Waals surface area contributed by atoms with Crippen LogP contribution in [0.5, 0.6) is 5.75 Å². The summed E-state index contributed by atoms with van der Waals surface area (Å²) < 4.78 is 71.9. The molecule has 0 amide bonds. The minimum atomic E-state index is -4.85. The molecule has 0 radical (unpaired) electrons. The van der Waals surface area contributed by atoms with Crippen LogP contribution in [-0.4, -0.2) is 52.3 Å². The van der Waals surface area contributed by atoms with E-state index in [9.17, 15) is 21.6 Å². The highest BCUT2D eigenvalue weighted by molar-refractivity contribution is 7.89. The molecule has 0 atom stereocenters. The van der Waals surface area contributed by atoms with E-state index in [0.29, 0.717) is 5.69 Å². The standard InChI is InChI=1S/C16H12F3N5O4S/c17-16(18,19)27-11-1-3-12(4-2-11)29(25,26)24-8-10(9-24)15-22-14(23-28-15)13-7-20-5-6-21-13/h1-7,10H,8-9H2. The molecule has 0 saturated carbocycles. The van der Waals surface area contributed by atoms with Gasteiger partial charge in [-0.25, -0.2) is 13.4 Å². The van der Waals surface area contributed by atoms with Crippen molar-refractivity contribution in [1.29, 1.82) is 0 Å². The first-order valence-electron chi connectivity index (χ1n) is 8.18. The van der Waals surface area contributed by atoms with Gasteiger partial charge in [0, 0.05) is 25.5 Å². The third kappa shape index (κ3) is 4.05. The minimum absolute atomic E-state index is 0.102. The molecule has 1 fully saturated rings. The van der Waals surface area contributed by atoms with Gasteiger partial charge in [-0.3, -0.25) is 4.98 Å². The lowest BCUT2D eigenvalue weighted by Gasteiger charge is -2.35. The zero-order valence-electron chi connectivity index (χ0n) is 14.4. The summed E-state index contributed by atoms with van der Waals surface area (Å²) in [4.78, 5) is 12.0. The Balaban J connectivity index is 1.42. The van der Waals surface area contributed by atoms with Crippen molar-refractivity contribution < 1.29 is 30.8 Å². The van der Waals surface area contributed by atoms with E-state index in [1.54, 1.807) is 0 Å². The maximum atomic E-state index is 12.6. The van der Waals surface area contributed by atoms with Crippen LogP contribution in [0, 0.1) is 0 Å². The van der Waals surface area contributed by atoms with E-state index in [1.807, 2.05) is 0 Å². The molecule has 152 valence electrons. The van der Waals surface area contributed by atoms with E-state index in [0.717, 1.165) is 24.3 Å². The number of ether oxygens (including phenoxy) is 1. The van der Waals surface area contributed by atoms with Crippen LogP contribution < -0.4 is 4.74 Å². The fourth-order valence-electron chi connectivity index (χ4n) is 2.67. The van der Waals surface area contributed by atoms with E-state index >= 15 is 0 Å². The van der Waals surface area contributed by atoms with Crippen LogP contribution >= 0.6 is 0 Å². The lowest BCUT2D eigenvalue weighted by atomic mass is 10.0. The molecular weight excluding hydrogens is 415 g/mol. The van der Waals surface area contributed by atoms with Crippen LogP contribution in [0.3, 0.4) is 0 Å². The molecule has 1 saturated heterocycles. The summed E-state index contributed by atoms with van der Waals surface area (Å²) in [5.41, 5.74) is 0.424. The smallest absolute Gasteiger partial charge is 0.406 e. The van der Waals surface area contributed by atoms with Gasteiger partial charge >= 0.3 is 6.36 Å². The Morgan fingerprint density at radius 1 is 1.14 bits per heavy atom. The van der Waals surface area contributed by atoms with Crippen molar-refractivity contribution >= 4 is 10.0 Å². The maximum absolute atomic E-state index is 12.6. The predicted octanol–water partition coefficient (Wildman–Crippen LogP) is 2.21. The summed E-state index contributed by atoms with van der Waals surface area (Å²) in [6.45, 7) is 0.205. The Morgan fingerprint density at radius 2 is 1.86 bits per heavy atom. The molecule has 3 heterocycles. The third-order valence-electron chi connectivity index (χ3n) is 4.13. The second-order valence-electron chi connectivity index (χ2n) is 6.09. The van der Waals surface area contributed by atoms with Crippen LogP contribution in [0.1, 0.15) is 11.8 Å². The highest BCUT2D eigenvalue weighted by atomic mass is 32.2. The summed E-state index contributed by atoms with van der Waals surface area (Å²) in [6, 6.07) is 4.01. The Labute approximate surface area is 162 Å². The highest BCUT2D eigenvalue weighted by Crippen LogP contribution is 2.32. The van der Waals surface area contributed by atoms with Crippen LogP contribution in [0.2, 0.25) is 0 Å². The molecule has 0 aliphatic carbocycles. The van der Waals surface area contributed by atoms with Gasteiger partial charge in [0.25, 0.3) is 0 Å². The van der Waals surface area contributed by atoms with Crippen LogP contribution in [0.15, 0.2) is 52.3 Å². The quantitative estimate of drug-likeness (QED) is 0.609. The van der Waals surface area contributed by atoms with Crippen LogP contribution in [-0.2, 0) is 10.0 Å². The SMILES string of the molecule is O=S(=O)(c1ccc(OC(F)(F)F)cc1)N1CC(c2nc(-c3cnccn3)no2)C1. The second-order valence-corrected chi connectivity index (χ2v) is 8.02. The topological polar surface area (TPSA) is 111 Å². The fraction of sp³-hybridized carbons (Fsp3) is 0.250. The van der Waals surface area contributed by atoms with Crippen LogP contribution in [0.25, 0.3) is 11.5 Å². The van der Waals surface area contributed by atoms with E-state index in [1.165, 1.54) is 22.9 Å². The van der Waals surface area contributed by atoms with Gasteiger partial charge in [-0.1, -0.05) is 5.16 Å². The Morgan fingerprint density at radius 3 is 2.48 bits per heavy atom. The van der Waals surface area contributed by atoms with Gasteiger partial charge in [-0.15, -0.1) is 13.2 Å². The molecule has 0 unspecified atom stereocenters. The van der Waals surface area contributed by atoms with Crippen molar-refractivity contribution in [1.82, 2.24) is 24.4 Å². The number of hydrogen-bond donors (Lipinski definition) is 0. The Kier molecular flexibility index (Phi) is 4.70. The number of aromatic nitrogens is 4. The van der Waals surface area contributed by atoms with Gasteiger partial charge in [-0.05, 0) is 24.3 Å². The third-order valence-corrected chi connectivity index (χ3v) is 5.97. The first-order chi connectivity index (χ1) is 13.7. The number of benzene rings is 1. The van der Waals surface area contributed by atoms with Gasteiger partial charge < -0.3 is 9.26 Å². The molecule has 1 aromatic carbocycles. The Bertz CT molecular complexity index is 1100. The normalized spacial score (nSPS) is 15.8. The predicted molar refractivity (Wildman–Crippen MR) is 89.9 cm³/mol. The van der Waals surface area contributed by atoms with E-state index in [4.69, 9.17) is 4.52 Å². The monoisotopic (exact) mass is 427 g/mol. The number of hydrogen-bond acceptors (Lipinski definition) is 8. The molecule has 4 rings (SSSR count). The maximum Gasteiger partial charge on any atom is 0.573 e. The molecule has 0 bridgehead atoms. The summed E-state index contributed by atoms with van der Waals surface area (Å²) in [6.07, 6.45) is -0.396. The van der Waals surface area contributed by atoms with Gasteiger partial charge in [0.05, 0.1) is 17.0 Å². The zero-order valence-corrected chi connectivity index (χ0v) is 15.3. The van der Waals surface area contributed by atoms with Crippen molar-refractivity contribution in [2.45, 2.75) is 17.2 Å². The molecule has 13 heteroatoms. The molecule has 2 aromatic heterocycles. The van der Waals surface area contributed by atoms with Gasteiger partial charge in [-0.2, -0.15) is 9.29 Å². The molecular formula is C16H12F3N5O4S. The van der Waals surface area contributed by atoms with E-state index < -0.39 is 22.1 Å². The Hall–Kier alpha value is -3.06. The lowest BCUT2D eigenvalue weighted by molar-refractivity contribution is -0.274.